The maximum atomic E-state index is 5.58. The number of hydrogen-bond donors (Lipinski definition) is 2. The van der Waals surface area contributed by atoms with E-state index in [0.29, 0.717) is 32.2 Å². The van der Waals surface area contributed by atoms with Crippen molar-refractivity contribution in [3.63, 3.8) is 0 Å². The van der Waals surface area contributed by atoms with Crippen molar-refractivity contribution in [3.8, 4) is 5.75 Å². The Labute approximate surface area is 166 Å². The molecule has 0 fully saturated rings. The fourth-order valence-electron chi connectivity index (χ4n) is 2.28. The first-order valence-corrected chi connectivity index (χ1v) is 10.2. The lowest BCUT2D eigenvalue weighted by Crippen LogP contribution is -2.36. The van der Waals surface area contributed by atoms with E-state index in [-0.39, 0.29) is 0 Å². The molecule has 2 aromatic rings. The summed E-state index contributed by atoms with van der Waals surface area (Å²) in [5.74, 6) is 2.09. The van der Waals surface area contributed by atoms with Gasteiger partial charge in [0.05, 0.1) is 25.4 Å². The molecule has 0 saturated carbocycles. The fourth-order valence-corrected chi connectivity index (χ4v) is 3.17. The number of ether oxygens (including phenoxy) is 2. The summed E-state index contributed by atoms with van der Waals surface area (Å²) in [4.78, 5) is 9.31. The Kier molecular flexibility index (Phi) is 9.07. The molecule has 1 aromatic carbocycles. The van der Waals surface area contributed by atoms with Crippen LogP contribution in [0.2, 0.25) is 0 Å². The molecule has 0 amide bonds. The van der Waals surface area contributed by atoms with Gasteiger partial charge in [-0.25, -0.2) is 9.98 Å². The molecule has 0 atom stereocenters. The summed E-state index contributed by atoms with van der Waals surface area (Å²) in [6.45, 7) is 9.60. The highest BCUT2D eigenvalue weighted by Crippen LogP contribution is 2.17. The van der Waals surface area contributed by atoms with E-state index in [1.807, 2.05) is 24.3 Å². The average Bonchev–Trinajstić information content (AvgIpc) is 3.15. The van der Waals surface area contributed by atoms with Gasteiger partial charge in [0.25, 0.3) is 0 Å². The van der Waals surface area contributed by atoms with Gasteiger partial charge in [-0.15, -0.1) is 11.3 Å². The zero-order chi connectivity index (χ0) is 19.5. The van der Waals surface area contributed by atoms with Gasteiger partial charge in [0.15, 0.2) is 5.96 Å². The van der Waals surface area contributed by atoms with Crippen LogP contribution in [0.3, 0.4) is 0 Å². The van der Waals surface area contributed by atoms with E-state index < -0.39 is 0 Å². The van der Waals surface area contributed by atoms with Crippen molar-refractivity contribution in [1.82, 2.24) is 15.6 Å². The zero-order valence-electron chi connectivity index (χ0n) is 16.6. The van der Waals surface area contributed by atoms with Crippen molar-refractivity contribution in [2.24, 2.45) is 4.99 Å². The van der Waals surface area contributed by atoms with Crippen molar-refractivity contribution >= 4 is 17.3 Å². The van der Waals surface area contributed by atoms with Crippen LogP contribution < -0.4 is 15.4 Å². The van der Waals surface area contributed by atoms with Crippen LogP contribution in [0.1, 0.15) is 43.0 Å². The summed E-state index contributed by atoms with van der Waals surface area (Å²) in [5, 5.41) is 9.83. The SMILES string of the molecule is CCNC(=NCc1ccc(OCCOC)cc1)NCc1nc(C(C)C)cs1. The molecule has 0 aliphatic heterocycles. The second kappa shape index (κ2) is 11.6. The quantitative estimate of drug-likeness (QED) is 0.369. The van der Waals surface area contributed by atoms with Crippen LogP contribution in [-0.2, 0) is 17.8 Å². The van der Waals surface area contributed by atoms with Crippen molar-refractivity contribution < 1.29 is 9.47 Å². The molecule has 148 valence electrons. The van der Waals surface area contributed by atoms with Gasteiger partial charge < -0.3 is 20.1 Å². The van der Waals surface area contributed by atoms with Gasteiger partial charge in [-0.1, -0.05) is 26.0 Å². The second-order valence-electron chi connectivity index (χ2n) is 6.35. The number of nitrogens with zero attached hydrogens (tertiary/aromatic N) is 2. The molecule has 2 N–H and O–H groups in total. The number of benzene rings is 1. The first-order chi connectivity index (χ1) is 13.1. The van der Waals surface area contributed by atoms with E-state index in [1.165, 1.54) is 0 Å². The maximum absolute atomic E-state index is 5.58. The number of aromatic nitrogens is 1. The van der Waals surface area contributed by atoms with E-state index in [1.54, 1.807) is 18.4 Å². The Morgan fingerprint density at radius 1 is 1.19 bits per heavy atom. The van der Waals surface area contributed by atoms with Gasteiger partial charge in [-0.3, -0.25) is 0 Å². The van der Waals surface area contributed by atoms with E-state index in [4.69, 9.17) is 9.47 Å². The fraction of sp³-hybridized carbons (Fsp3) is 0.500. The first kappa shape index (κ1) is 21.2. The van der Waals surface area contributed by atoms with Gasteiger partial charge in [-0.05, 0) is 30.5 Å². The molecular formula is C20H30N4O2S. The molecule has 1 aromatic heterocycles. The lowest BCUT2D eigenvalue weighted by Gasteiger charge is -2.10. The van der Waals surface area contributed by atoms with Crippen molar-refractivity contribution in [2.75, 3.05) is 26.9 Å². The average molecular weight is 391 g/mol. The summed E-state index contributed by atoms with van der Waals surface area (Å²) in [7, 11) is 1.66. The van der Waals surface area contributed by atoms with Crippen LogP contribution in [0.15, 0.2) is 34.6 Å². The van der Waals surface area contributed by atoms with Gasteiger partial charge >= 0.3 is 0 Å². The number of nitrogens with one attached hydrogen (secondary N) is 2. The Balaban J connectivity index is 1.88. The second-order valence-corrected chi connectivity index (χ2v) is 7.30. The maximum Gasteiger partial charge on any atom is 0.191 e. The van der Waals surface area contributed by atoms with E-state index in [9.17, 15) is 0 Å². The Hall–Kier alpha value is -2.12. The molecule has 6 nitrogen and oxygen atoms in total. The Morgan fingerprint density at radius 3 is 2.59 bits per heavy atom. The van der Waals surface area contributed by atoms with Crippen LogP contribution in [0.5, 0.6) is 5.75 Å². The number of hydrogen-bond acceptors (Lipinski definition) is 5. The third kappa shape index (κ3) is 7.56. The molecule has 0 saturated heterocycles. The molecule has 1 heterocycles. The lowest BCUT2D eigenvalue weighted by atomic mass is 10.2. The van der Waals surface area contributed by atoms with Crippen molar-refractivity contribution in [2.45, 2.75) is 39.8 Å². The molecule has 0 aliphatic carbocycles. The monoisotopic (exact) mass is 390 g/mol. The molecule has 0 radical (unpaired) electrons. The number of guanidine groups is 1. The molecule has 0 spiro atoms. The van der Waals surface area contributed by atoms with Crippen molar-refractivity contribution in [1.29, 1.82) is 0 Å². The number of rotatable bonds is 10. The molecule has 2 rings (SSSR count). The molecular weight excluding hydrogens is 360 g/mol. The number of aliphatic imine (C=N–C) groups is 1. The predicted molar refractivity (Wildman–Crippen MR) is 112 cm³/mol. The summed E-state index contributed by atoms with van der Waals surface area (Å²) in [6, 6.07) is 7.99. The van der Waals surface area contributed by atoms with Gasteiger partial charge in [0.1, 0.15) is 17.4 Å². The first-order valence-electron chi connectivity index (χ1n) is 9.29. The molecule has 27 heavy (non-hydrogen) atoms. The molecule has 0 bridgehead atoms. The summed E-state index contributed by atoms with van der Waals surface area (Å²) >= 11 is 1.68. The van der Waals surface area contributed by atoms with E-state index in [0.717, 1.165) is 34.5 Å². The Morgan fingerprint density at radius 2 is 1.96 bits per heavy atom. The number of methoxy groups -OCH3 is 1. The molecule has 7 heteroatoms. The van der Waals surface area contributed by atoms with Gasteiger partial charge in [0, 0.05) is 19.0 Å². The van der Waals surface area contributed by atoms with Crippen LogP contribution in [0.25, 0.3) is 0 Å². The van der Waals surface area contributed by atoms with Crippen LogP contribution in [-0.4, -0.2) is 37.8 Å². The van der Waals surface area contributed by atoms with Crippen LogP contribution in [0.4, 0.5) is 0 Å². The third-order valence-corrected chi connectivity index (χ3v) is 4.68. The highest BCUT2D eigenvalue weighted by molar-refractivity contribution is 7.09. The van der Waals surface area contributed by atoms with Gasteiger partial charge in [-0.2, -0.15) is 0 Å². The Bertz CT molecular complexity index is 698. The minimum Gasteiger partial charge on any atom is -0.491 e. The normalized spacial score (nSPS) is 11.7. The smallest absolute Gasteiger partial charge is 0.191 e. The number of thiazole rings is 1. The minimum absolute atomic E-state index is 0.457. The van der Waals surface area contributed by atoms with E-state index in [2.05, 4.69) is 46.8 Å². The van der Waals surface area contributed by atoms with Gasteiger partial charge in [0.2, 0.25) is 0 Å². The van der Waals surface area contributed by atoms with Crippen molar-refractivity contribution in [3.05, 3.63) is 45.9 Å². The highest BCUT2D eigenvalue weighted by atomic mass is 32.1. The standard InChI is InChI=1S/C20H30N4O2S/c1-5-21-20(23-13-19-24-18(14-27-19)15(2)3)22-12-16-6-8-17(9-7-16)26-11-10-25-4/h6-9,14-15H,5,10-13H2,1-4H3,(H2,21,22,23). The molecule has 0 aliphatic rings. The summed E-state index contributed by atoms with van der Waals surface area (Å²) in [6.07, 6.45) is 0. The summed E-state index contributed by atoms with van der Waals surface area (Å²) in [5.41, 5.74) is 2.27. The minimum atomic E-state index is 0.457. The third-order valence-electron chi connectivity index (χ3n) is 3.81. The summed E-state index contributed by atoms with van der Waals surface area (Å²) < 4.78 is 10.6. The topological polar surface area (TPSA) is 67.8 Å². The van der Waals surface area contributed by atoms with Crippen LogP contribution in [0, 0.1) is 0 Å². The zero-order valence-corrected chi connectivity index (χ0v) is 17.4. The highest BCUT2D eigenvalue weighted by Gasteiger charge is 2.06. The van der Waals surface area contributed by atoms with E-state index >= 15 is 0 Å². The lowest BCUT2D eigenvalue weighted by molar-refractivity contribution is 0.146. The largest absolute Gasteiger partial charge is 0.491 e. The molecule has 0 unspecified atom stereocenters. The van der Waals surface area contributed by atoms with Crippen LogP contribution >= 0.6 is 11.3 Å². The predicted octanol–water partition coefficient (Wildman–Crippen LogP) is 3.55.